The molecular weight excluding hydrogens is 518 g/mol. The third kappa shape index (κ3) is 7.83. The minimum atomic E-state index is -0.753. The fourth-order valence-electron chi connectivity index (χ4n) is 4.61. The molecule has 1 fully saturated rings. The summed E-state index contributed by atoms with van der Waals surface area (Å²) in [5, 5.41) is 16.8. The second-order valence-corrected chi connectivity index (χ2v) is 10.2. The van der Waals surface area contributed by atoms with Crippen molar-refractivity contribution >= 4 is 29.7 Å². The van der Waals surface area contributed by atoms with Crippen LogP contribution in [0.4, 0.5) is 5.95 Å². The van der Waals surface area contributed by atoms with Gasteiger partial charge in [-0.3, -0.25) is 14.5 Å². The zero-order chi connectivity index (χ0) is 27.8. The maximum atomic E-state index is 12.8. The molecule has 2 unspecified atom stereocenters. The highest BCUT2D eigenvalue weighted by Crippen LogP contribution is 2.28. The fourth-order valence-corrected chi connectivity index (χ4v) is 4.81. The fraction of sp³-hybridized carbons (Fsp3) is 0.379. The Morgan fingerprint density at radius 2 is 1.97 bits per heavy atom. The second kappa shape index (κ2) is 13.6. The normalized spacial score (nSPS) is 15.5. The van der Waals surface area contributed by atoms with Gasteiger partial charge in [0.2, 0.25) is 11.9 Å². The molecule has 1 aliphatic rings. The predicted octanol–water partition coefficient (Wildman–Crippen LogP) is 3.87. The predicted molar refractivity (Wildman–Crippen MR) is 151 cm³/mol. The lowest BCUT2D eigenvalue weighted by Crippen LogP contribution is -2.40. The number of hydrogen-bond acceptors (Lipinski definition) is 8. The number of carbonyl (C=O) groups excluding carboxylic acids is 2. The van der Waals surface area contributed by atoms with Gasteiger partial charge in [-0.25, -0.2) is 9.97 Å². The summed E-state index contributed by atoms with van der Waals surface area (Å²) >= 11 is 6.43. The molecule has 3 N–H and O–H groups in total. The SMILES string of the molecule is CC(O)C(NC(=O)CN(C)Cc1ccc(-c2nc(NC3CCOCC3)ncc2Cl)cc1C=O)c1ccccc1. The highest BCUT2D eigenvalue weighted by Gasteiger charge is 2.21. The van der Waals surface area contributed by atoms with Crippen LogP contribution in [0.15, 0.2) is 54.7 Å². The van der Waals surface area contributed by atoms with Gasteiger partial charge in [0, 0.05) is 36.9 Å². The minimum Gasteiger partial charge on any atom is -0.391 e. The molecule has 3 aromatic rings. The molecule has 206 valence electrons. The second-order valence-electron chi connectivity index (χ2n) is 9.82. The molecule has 1 aromatic heterocycles. The van der Waals surface area contributed by atoms with Crippen LogP contribution < -0.4 is 10.6 Å². The Morgan fingerprint density at radius 1 is 1.23 bits per heavy atom. The highest BCUT2D eigenvalue weighted by atomic mass is 35.5. The number of anilines is 1. The van der Waals surface area contributed by atoms with Gasteiger partial charge in [-0.05, 0) is 44.0 Å². The number of hydrogen-bond donors (Lipinski definition) is 3. The average molecular weight is 552 g/mol. The van der Waals surface area contributed by atoms with Crippen LogP contribution in [0.1, 0.15) is 47.3 Å². The molecule has 2 atom stereocenters. The smallest absolute Gasteiger partial charge is 0.234 e. The van der Waals surface area contributed by atoms with E-state index in [4.69, 9.17) is 16.3 Å². The number of carbonyl (C=O) groups is 2. The summed E-state index contributed by atoms with van der Waals surface area (Å²) in [5.41, 5.74) is 3.32. The van der Waals surface area contributed by atoms with Gasteiger partial charge >= 0.3 is 0 Å². The van der Waals surface area contributed by atoms with Gasteiger partial charge in [-0.1, -0.05) is 54.1 Å². The minimum absolute atomic E-state index is 0.0923. The van der Waals surface area contributed by atoms with E-state index in [-0.39, 0.29) is 18.5 Å². The van der Waals surface area contributed by atoms with Crippen LogP contribution in [-0.2, 0) is 16.1 Å². The number of halogens is 1. The van der Waals surface area contributed by atoms with Crippen LogP contribution in [0, 0.1) is 0 Å². The Labute approximate surface area is 233 Å². The van der Waals surface area contributed by atoms with Crippen LogP contribution in [0.5, 0.6) is 0 Å². The third-order valence-corrected chi connectivity index (χ3v) is 6.93. The summed E-state index contributed by atoms with van der Waals surface area (Å²) in [4.78, 5) is 35.5. The van der Waals surface area contributed by atoms with E-state index >= 15 is 0 Å². The maximum absolute atomic E-state index is 12.8. The number of nitrogens with zero attached hydrogens (tertiary/aromatic N) is 3. The van der Waals surface area contributed by atoms with Crippen molar-refractivity contribution in [3.63, 3.8) is 0 Å². The Hall–Kier alpha value is -3.37. The van der Waals surface area contributed by atoms with Crippen LogP contribution in [0.25, 0.3) is 11.3 Å². The quantitative estimate of drug-likeness (QED) is 0.308. The van der Waals surface area contributed by atoms with Gasteiger partial charge in [0.05, 0.1) is 35.6 Å². The number of aldehydes is 1. The van der Waals surface area contributed by atoms with E-state index in [0.717, 1.165) is 30.3 Å². The molecule has 0 radical (unpaired) electrons. The molecule has 2 heterocycles. The largest absolute Gasteiger partial charge is 0.391 e. The number of amides is 1. The van der Waals surface area contributed by atoms with Crippen molar-refractivity contribution in [2.24, 2.45) is 0 Å². The first-order valence-electron chi connectivity index (χ1n) is 13.0. The summed E-state index contributed by atoms with van der Waals surface area (Å²) in [6.07, 6.45) is 3.35. The molecule has 10 heteroatoms. The molecule has 0 aliphatic carbocycles. The first-order chi connectivity index (χ1) is 18.8. The maximum Gasteiger partial charge on any atom is 0.234 e. The van der Waals surface area contributed by atoms with Crippen molar-refractivity contribution in [2.45, 2.75) is 44.5 Å². The van der Waals surface area contributed by atoms with Crippen molar-refractivity contribution in [1.29, 1.82) is 0 Å². The molecule has 9 nitrogen and oxygen atoms in total. The number of aliphatic hydroxyl groups excluding tert-OH is 1. The lowest BCUT2D eigenvalue weighted by molar-refractivity contribution is -0.123. The van der Waals surface area contributed by atoms with Gasteiger partial charge in [-0.15, -0.1) is 0 Å². The summed E-state index contributed by atoms with van der Waals surface area (Å²) in [5.74, 6) is 0.253. The molecule has 0 saturated carbocycles. The molecule has 4 rings (SSSR count). The van der Waals surface area contributed by atoms with E-state index in [0.29, 0.717) is 47.6 Å². The van der Waals surface area contributed by atoms with Gasteiger partial charge in [-0.2, -0.15) is 0 Å². The molecule has 1 saturated heterocycles. The van der Waals surface area contributed by atoms with E-state index in [9.17, 15) is 14.7 Å². The van der Waals surface area contributed by atoms with Crippen molar-refractivity contribution in [3.05, 3.63) is 76.4 Å². The number of ether oxygens (including phenoxy) is 1. The van der Waals surface area contributed by atoms with E-state index in [1.165, 1.54) is 0 Å². The Morgan fingerprint density at radius 3 is 2.67 bits per heavy atom. The van der Waals surface area contributed by atoms with Gasteiger partial charge in [0.25, 0.3) is 0 Å². The third-order valence-electron chi connectivity index (χ3n) is 6.66. The lowest BCUT2D eigenvalue weighted by Gasteiger charge is -2.24. The first kappa shape index (κ1) is 28.6. The first-order valence-corrected chi connectivity index (χ1v) is 13.4. The van der Waals surface area contributed by atoms with Crippen molar-refractivity contribution < 1.29 is 19.4 Å². The van der Waals surface area contributed by atoms with Crippen molar-refractivity contribution in [1.82, 2.24) is 20.2 Å². The summed E-state index contributed by atoms with van der Waals surface area (Å²) in [6.45, 7) is 3.52. The van der Waals surface area contributed by atoms with Gasteiger partial charge < -0.3 is 20.5 Å². The monoisotopic (exact) mass is 551 g/mol. The van der Waals surface area contributed by atoms with Crippen molar-refractivity contribution in [2.75, 3.05) is 32.1 Å². The van der Waals surface area contributed by atoms with Crippen molar-refractivity contribution in [3.8, 4) is 11.3 Å². The Bertz CT molecular complexity index is 1270. The molecule has 0 spiro atoms. The van der Waals surface area contributed by atoms with E-state index in [2.05, 4.69) is 20.6 Å². The Balaban J connectivity index is 1.42. The highest BCUT2D eigenvalue weighted by molar-refractivity contribution is 6.32. The number of aromatic nitrogens is 2. The van der Waals surface area contributed by atoms with Gasteiger partial charge in [0.1, 0.15) is 6.29 Å². The van der Waals surface area contributed by atoms with E-state index < -0.39 is 12.1 Å². The zero-order valence-electron chi connectivity index (χ0n) is 22.1. The average Bonchev–Trinajstić information content (AvgIpc) is 2.94. The molecule has 0 bridgehead atoms. The van der Waals surface area contributed by atoms with Crippen LogP contribution >= 0.6 is 11.6 Å². The Kier molecular flexibility index (Phi) is 10.00. The topological polar surface area (TPSA) is 117 Å². The van der Waals surface area contributed by atoms with Crippen LogP contribution in [-0.4, -0.2) is 71.1 Å². The molecule has 2 aromatic carbocycles. The van der Waals surface area contributed by atoms with Gasteiger partial charge in [0.15, 0.2) is 0 Å². The molecular formula is C29H34ClN5O4. The lowest BCUT2D eigenvalue weighted by atomic mass is 10.0. The van der Waals surface area contributed by atoms with E-state index in [1.807, 2.05) is 47.4 Å². The molecule has 39 heavy (non-hydrogen) atoms. The summed E-state index contributed by atoms with van der Waals surface area (Å²) in [6, 6.07) is 14.5. The number of nitrogens with one attached hydrogen (secondary N) is 2. The zero-order valence-corrected chi connectivity index (χ0v) is 22.9. The van der Waals surface area contributed by atoms with E-state index in [1.54, 1.807) is 26.2 Å². The number of aliphatic hydroxyl groups is 1. The molecule has 1 aliphatic heterocycles. The summed E-state index contributed by atoms with van der Waals surface area (Å²) < 4.78 is 5.41. The number of rotatable bonds is 11. The number of benzene rings is 2. The van der Waals surface area contributed by atoms with Crippen LogP contribution in [0.3, 0.4) is 0 Å². The van der Waals surface area contributed by atoms with Crippen LogP contribution in [0.2, 0.25) is 5.02 Å². The standard InChI is InChI=1S/C29H34ClN5O4/c1-19(37)27(20-6-4-3-5-7-20)33-26(38)17-35(2)16-22-9-8-21(14-23(22)18-36)28-25(30)15-31-29(34-28)32-24-10-12-39-13-11-24/h3-9,14-15,18-19,24,27,37H,10-13,16-17H2,1-2H3,(H,33,38)(H,31,32,34). The molecule has 1 amide bonds. The summed E-state index contributed by atoms with van der Waals surface area (Å²) in [7, 11) is 1.80. The number of likely N-dealkylation sites (N-methyl/N-ethyl adjacent to an activating group) is 1.